The third kappa shape index (κ3) is 4.71. The van der Waals surface area contributed by atoms with Gasteiger partial charge in [0.1, 0.15) is 0 Å². The Kier molecular flexibility index (Phi) is 4.67. The molecule has 1 amide bonds. The van der Waals surface area contributed by atoms with E-state index >= 15 is 0 Å². The Labute approximate surface area is 112 Å². The molecule has 5 nitrogen and oxygen atoms in total. The van der Waals surface area contributed by atoms with E-state index in [9.17, 15) is 14.7 Å². The van der Waals surface area contributed by atoms with Gasteiger partial charge in [0.15, 0.2) is 0 Å². The van der Waals surface area contributed by atoms with Gasteiger partial charge in [-0.25, -0.2) is 0 Å². The summed E-state index contributed by atoms with van der Waals surface area (Å²) in [5, 5.41) is 18.5. The summed E-state index contributed by atoms with van der Waals surface area (Å²) in [7, 11) is 1.58. The van der Waals surface area contributed by atoms with Crippen LogP contribution in [-0.2, 0) is 11.2 Å². The molecule has 0 radical (unpaired) electrons. The van der Waals surface area contributed by atoms with Gasteiger partial charge in [0.05, 0.1) is 12.0 Å². The van der Waals surface area contributed by atoms with E-state index in [1.165, 1.54) is 4.90 Å². The third-order valence-electron chi connectivity index (χ3n) is 2.56. The number of likely N-dealkylation sites (N-methyl/N-ethyl adjacent to an activating group) is 1. The van der Waals surface area contributed by atoms with Crippen LogP contribution in [0.5, 0.6) is 0 Å². The van der Waals surface area contributed by atoms with Crippen molar-refractivity contribution in [2.24, 2.45) is 0 Å². The van der Waals surface area contributed by atoms with Gasteiger partial charge in [-0.3, -0.25) is 9.59 Å². The molecule has 1 rings (SSSR count). The fourth-order valence-electron chi connectivity index (χ4n) is 1.90. The zero-order valence-corrected chi connectivity index (χ0v) is 11.4. The molecule has 0 aromatic heterocycles. The first-order valence-corrected chi connectivity index (χ1v) is 5.98. The standard InChI is InChI=1S/C14H19NO4/c1-14(2,19)9-15(3)13(18)11-7-5-4-6-10(11)8-12(16)17/h4-7,19H,8-9H2,1-3H3,(H,16,17). The summed E-state index contributed by atoms with van der Waals surface area (Å²) in [4.78, 5) is 24.4. The molecule has 0 aliphatic heterocycles. The lowest BCUT2D eigenvalue weighted by Gasteiger charge is -2.26. The Morgan fingerprint density at radius 3 is 2.37 bits per heavy atom. The largest absolute Gasteiger partial charge is 0.481 e. The van der Waals surface area contributed by atoms with E-state index in [4.69, 9.17) is 5.11 Å². The van der Waals surface area contributed by atoms with Gasteiger partial charge in [0.25, 0.3) is 5.91 Å². The highest BCUT2D eigenvalue weighted by molar-refractivity contribution is 5.96. The highest BCUT2D eigenvalue weighted by Crippen LogP contribution is 2.14. The van der Waals surface area contributed by atoms with Gasteiger partial charge in [-0.05, 0) is 25.5 Å². The first kappa shape index (κ1) is 15.2. The van der Waals surface area contributed by atoms with Gasteiger partial charge in [-0.2, -0.15) is 0 Å². The summed E-state index contributed by atoms with van der Waals surface area (Å²) in [5.74, 6) is -1.27. The lowest BCUT2D eigenvalue weighted by Crippen LogP contribution is -2.40. The molecule has 0 bridgehead atoms. The topological polar surface area (TPSA) is 77.8 Å². The Hall–Kier alpha value is -1.88. The molecule has 0 saturated carbocycles. The molecule has 5 heteroatoms. The number of rotatable bonds is 5. The molecule has 0 spiro atoms. The van der Waals surface area contributed by atoms with Crippen LogP contribution in [0.15, 0.2) is 24.3 Å². The number of carbonyl (C=O) groups excluding carboxylic acids is 1. The summed E-state index contributed by atoms with van der Waals surface area (Å²) in [6.07, 6.45) is -0.196. The highest BCUT2D eigenvalue weighted by atomic mass is 16.4. The lowest BCUT2D eigenvalue weighted by atomic mass is 10.0. The van der Waals surface area contributed by atoms with Gasteiger partial charge in [-0.15, -0.1) is 0 Å². The van der Waals surface area contributed by atoms with Crippen molar-refractivity contribution in [3.8, 4) is 0 Å². The van der Waals surface area contributed by atoms with Crippen molar-refractivity contribution in [1.29, 1.82) is 0 Å². The van der Waals surface area contributed by atoms with E-state index in [0.717, 1.165) is 0 Å². The fraction of sp³-hybridized carbons (Fsp3) is 0.429. The van der Waals surface area contributed by atoms with Crippen LogP contribution < -0.4 is 0 Å². The summed E-state index contributed by atoms with van der Waals surface area (Å²) < 4.78 is 0. The van der Waals surface area contributed by atoms with Crippen LogP contribution in [0.4, 0.5) is 0 Å². The second-order valence-electron chi connectivity index (χ2n) is 5.20. The molecule has 0 saturated heterocycles. The van der Waals surface area contributed by atoms with Gasteiger partial charge in [0.2, 0.25) is 0 Å². The van der Waals surface area contributed by atoms with E-state index < -0.39 is 11.6 Å². The molecule has 1 aromatic carbocycles. The van der Waals surface area contributed by atoms with Crippen LogP contribution >= 0.6 is 0 Å². The lowest BCUT2D eigenvalue weighted by molar-refractivity contribution is -0.136. The zero-order valence-electron chi connectivity index (χ0n) is 11.4. The van der Waals surface area contributed by atoms with Crippen LogP contribution in [0.1, 0.15) is 29.8 Å². The first-order valence-electron chi connectivity index (χ1n) is 5.98. The first-order chi connectivity index (χ1) is 8.70. The summed E-state index contributed by atoms with van der Waals surface area (Å²) in [6, 6.07) is 6.61. The number of nitrogens with zero attached hydrogens (tertiary/aromatic N) is 1. The Morgan fingerprint density at radius 2 is 1.84 bits per heavy atom. The minimum Gasteiger partial charge on any atom is -0.481 e. The maximum atomic E-state index is 12.2. The maximum Gasteiger partial charge on any atom is 0.307 e. The number of aliphatic carboxylic acids is 1. The number of hydrogen-bond donors (Lipinski definition) is 2. The van der Waals surface area contributed by atoms with Crippen molar-refractivity contribution in [3.63, 3.8) is 0 Å². The highest BCUT2D eigenvalue weighted by Gasteiger charge is 2.22. The second kappa shape index (κ2) is 5.84. The van der Waals surface area contributed by atoms with Gasteiger partial charge >= 0.3 is 5.97 Å². The number of carboxylic acids is 1. The molecular formula is C14H19NO4. The molecular weight excluding hydrogens is 246 g/mol. The molecule has 0 unspecified atom stereocenters. The van der Waals surface area contributed by atoms with E-state index in [-0.39, 0.29) is 18.9 Å². The fourth-order valence-corrected chi connectivity index (χ4v) is 1.90. The number of benzene rings is 1. The van der Waals surface area contributed by atoms with E-state index in [2.05, 4.69) is 0 Å². The number of amides is 1. The Morgan fingerprint density at radius 1 is 1.26 bits per heavy atom. The molecule has 0 aliphatic rings. The second-order valence-corrected chi connectivity index (χ2v) is 5.20. The Balaban J connectivity index is 2.96. The maximum absolute atomic E-state index is 12.2. The minimum absolute atomic E-state index is 0.174. The smallest absolute Gasteiger partial charge is 0.307 e. The average molecular weight is 265 g/mol. The summed E-state index contributed by atoms with van der Waals surface area (Å²) in [5.41, 5.74) is -0.161. The van der Waals surface area contributed by atoms with Crippen LogP contribution in [-0.4, -0.2) is 46.2 Å². The van der Waals surface area contributed by atoms with Crippen LogP contribution in [0.3, 0.4) is 0 Å². The van der Waals surface area contributed by atoms with Crippen molar-refractivity contribution >= 4 is 11.9 Å². The molecule has 1 aromatic rings. The Bertz CT molecular complexity index is 477. The van der Waals surface area contributed by atoms with E-state index in [1.807, 2.05) is 0 Å². The molecule has 104 valence electrons. The van der Waals surface area contributed by atoms with Crippen molar-refractivity contribution in [2.45, 2.75) is 25.9 Å². The monoisotopic (exact) mass is 265 g/mol. The third-order valence-corrected chi connectivity index (χ3v) is 2.56. The van der Waals surface area contributed by atoms with Crippen LogP contribution in [0, 0.1) is 0 Å². The van der Waals surface area contributed by atoms with Crippen LogP contribution in [0.2, 0.25) is 0 Å². The summed E-state index contributed by atoms with van der Waals surface area (Å²) >= 11 is 0. The number of hydrogen-bond acceptors (Lipinski definition) is 3. The quantitative estimate of drug-likeness (QED) is 0.837. The molecule has 0 aliphatic carbocycles. The summed E-state index contributed by atoms with van der Waals surface area (Å²) in [6.45, 7) is 3.40. The van der Waals surface area contributed by atoms with Crippen molar-refractivity contribution in [1.82, 2.24) is 4.90 Å². The average Bonchev–Trinajstić information content (AvgIpc) is 2.25. The van der Waals surface area contributed by atoms with E-state index in [1.54, 1.807) is 45.2 Å². The van der Waals surface area contributed by atoms with Gasteiger partial charge in [-0.1, -0.05) is 18.2 Å². The normalized spacial score (nSPS) is 11.2. The van der Waals surface area contributed by atoms with Gasteiger partial charge in [0, 0.05) is 19.2 Å². The number of carbonyl (C=O) groups is 2. The predicted octanol–water partition coefficient (Wildman–Crippen LogP) is 1.16. The van der Waals surface area contributed by atoms with Crippen molar-refractivity contribution < 1.29 is 19.8 Å². The van der Waals surface area contributed by atoms with E-state index in [0.29, 0.717) is 11.1 Å². The zero-order chi connectivity index (χ0) is 14.6. The number of aliphatic hydroxyl groups is 1. The molecule has 0 heterocycles. The van der Waals surface area contributed by atoms with Gasteiger partial charge < -0.3 is 15.1 Å². The molecule has 0 atom stereocenters. The predicted molar refractivity (Wildman–Crippen MR) is 71.0 cm³/mol. The molecule has 2 N–H and O–H groups in total. The molecule has 19 heavy (non-hydrogen) atoms. The SMILES string of the molecule is CN(CC(C)(C)O)C(=O)c1ccccc1CC(=O)O. The molecule has 0 fully saturated rings. The number of carboxylic acid groups (broad SMARTS) is 1. The minimum atomic E-state index is -0.994. The van der Waals surface area contributed by atoms with Crippen molar-refractivity contribution in [2.75, 3.05) is 13.6 Å². The van der Waals surface area contributed by atoms with Crippen LogP contribution in [0.25, 0.3) is 0 Å². The van der Waals surface area contributed by atoms with Crippen molar-refractivity contribution in [3.05, 3.63) is 35.4 Å².